The first-order chi connectivity index (χ1) is 7.31. The number of fused-ring (bicyclic) bond motifs is 1. The summed E-state index contributed by atoms with van der Waals surface area (Å²) in [7, 11) is 2.72. The number of nitrogens with zero attached hydrogens (tertiary/aromatic N) is 1. The van der Waals surface area contributed by atoms with Gasteiger partial charge in [0, 0.05) is 24.8 Å². The molecule has 3 heteroatoms. The van der Waals surface area contributed by atoms with Crippen LogP contribution in [0.15, 0.2) is 43.1 Å². The fourth-order valence-corrected chi connectivity index (χ4v) is 2.08. The second-order valence-electron chi connectivity index (χ2n) is 3.58. The van der Waals surface area contributed by atoms with Gasteiger partial charge in [-0.25, -0.2) is 0 Å². The molecule has 1 aromatic heterocycles. The van der Waals surface area contributed by atoms with Crippen LogP contribution in [0.25, 0.3) is 10.9 Å². The number of aromatic nitrogens is 1. The van der Waals surface area contributed by atoms with Gasteiger partial charge >= 0.3 is 0 Å². The van der Waals surface area contributed by atoms with Crippen LogP contribution in [0.3, 0.4) is 0 Å². The average molecular weight is 218 g/mol. The van der Waals surface area contributed by atoms with Gasteiger partial charge in [0.05, 0.1) is 0 Å². The van der Waals surface area contributed by atoms with Gasteiger partial charge in [-0.2, -0.15) is 0 Å². The fourth-order valence-electron chi connectivity index (χ4n) is 1.73. The second-order valence-corrected chi connectivity index (χ2v) is 4.31. The Bertz CT molecular complexity index is 461. The molecule has 1 atom stereocenters. The number of benzene rings is 1. The lowest BCUT2D eigenvalue weighted by Crippen LogP contribution is -2.10. The topological polar surface area (TPSA) is 19.0 Å². The molecule has 1 aromatic carbocycles. The number of hydrogen-bond acceptors (Lipinski definition) is 1. The minimum absolute atomic E-state index is 0.877. The molecule has 2 rings (SSSR count). The predicted molar refractivity (Wildman–Crippen MR) is 68.6 cm³/mol. The molecule has 0 spiro atoms. The third-order valence-electron chi connectivity index (χ3n) is 2.41. The van der Waals surface area contributed by atoms with Gasteiger partial charge < -0.3 is 4.98 Å². The quantitative estimate of drug-likeness (QED) is 0.617. The molecule has 78 valence electrons. The van der Waals surface area contributed by atoms with Crippen molar-refractivity contribution in [2.24, 2.45) is 0 Å². The van der Waals surface area contributed by atoms with Gasteiger partial charge in [0.25, 0.3) is 0 Å². The molecule has 0 saturated carbocycles. The van der Waals surface area contributed by atoms with Crippen LogP contribution < -0.4 is 0 Å². The van der Waals surface area contributed by atoms with Crippen molar-refractivity contribution in [2.45, 2.75) is 6.54 Å². The van der Waals surface area contributed by atoms with Crippen LogP contribution in [-0.2, 0) is 6.54 Å². The molecular weight excluding hydrogens is 203 g/mol. The molecule has 0 fully saturated rings. The maximum atomic E-state index is 3.73. The summed E-state index contributed by atoms with van der Waals surface area (Å²) in [4.78, 5) is 3.27. The molecule has 2 nitrogen and oxygen atoms in total. The highest BCUT2D eigenvalue weighted by molar-refractivity contribution is 7.13. The Morgan fingerprint density at radius 1 is 1.40 bits per heavy atom. The number of nitrogens with one attached hydrogen (secondary N) is 1. The molecule has 0 aliphatic rings. The third-order valence-corrected chi connectivity index (χ3v) is 2.80. The van der Waals surface area contributed by atoms with E-state index in [0.717, 1.165) is 13.1 Å². The molecule has 1 N–H and O–H groups in total. The van der Waals surface area contributed by atoms with E-state index in [-0.39, 0.29) is 0 Å². The maximum Gasteiger partial charge on any atom is 0.0499 e. The van der Waals surface area contributed by atoms with Gasteiger partial charge in [-0.05, 0) is 17.0 Å². The van der Waals surface area contributed by atoms with Gasteiger partial charge in [-0.15, -0.1) is 6.58 Å². The van der Waals surface area contributed by atoms with Crippen molar-refractivity contribution in [3.8, 4) is 0 Å². The van der Waals surface area contributed by atoms with Gasteiger partial charge in [0.15, 0.2) is 0 Å². The molecule has 1 heterocycles. The van der Waals surface area contributed by atoms with Gasteiger partial charge in [0.1, 0.15) is 0 Å². The van der Waals surface area contributed by atoms with Crippen molar-refractivity contribution in [1.82, 2.24) is 9.65 Å². The first-order valence-corrected chi connectivity index (χ1v) is 5.48. The van der Waals surface area contributed by atoms with E-state index in [1.807, 2.05) is 12.3 Å². The maximum absolute atomic E-state index is 3.73. The Morgan fingerprint density at radius 3 is 3.07 bits per heavy atom. The summed E-state index contributed by atoms with van der Waals surface area (Å²) in [6.45, 7) is 5.52. The molecule has 0 radical (unpaired) electrons. The van der Waals surface area contributed by atoms with E-state index >= 15 is 0 Å². The molecule has 0 saturated heterocycles. The summed E-state index contributed by atoms with van der Waals surface area (Å²) in [6, 6.07) is 8.46. The average Bonchev–Trinajstić information content (AvgIpc) is 2.67. The van der Waals surface area contributed by atoms with Gasteiger partial charge in [-0.1, -0.05) is 33.7 Å². The van der Waals surface area contributed by atoms with Gasteiger partial charge in [-0.3, -0.25) is 4.67 Å². The number of H-pyrrole nitrogens is 1. The molecule has 0 aliphatic heterocycles. The van der Waals surface area contributed by atoms with Crippen LogP contribution >= 0.6 is 9.39 Å². The number of rotatable bonds is 4. The van der Waals surface area contributed by atoms with Crippen LogP contribution in [0, 0.1) is 0 Å². The highest BCUT2D eigenvalue weighted by Crippen LogP contribution is 2.19. The third kappa shape index (κ3) is 2.28. The van der Waals surface area contributed by atoms with E-state index in [2.05, 4.69) is 49.9 Å². The summed E-state index contributed by atoms with van der Waals surface area (Å²) in [5, 5.41) is 1.27. The SMILES string of the molecule is C=CCN(P)Cc1cccc2cc[nH]c12. The first kappa shape index (κ1) is 10.4. The lowest BCUT2D eigenvalue weighted by molar-refractivity contribution is 0.517. The largest absolute Gasteiger partial charge is 0.361 e. The van der Waals surface area contributed by atoms with Crippen molar-refractivity contribution in [3.63, 3.8) is 0 Å². The molecule has 1 unspecified atom stereocenters. The lowest BCUT2D eigenvalue weighted by Gasteiger charge is -2.14. The Labute approximate surface area is 92.2 Å². The monoisotopic (exact) mass is 218 g/mol. The van der Waals surface area contributed by atoms with Crippen molar-refractivity contribution in [1.29, 1.82) is 0 Å². The van der Waals surface area contributed by atoms with Crippen molar-refractivity contribution in [3.05, 3.63) is 48.7 Å². The molecular formula is C12H15N2P. The molecule has 2 aromatic rings. The highest BCUT2D eigenvalue weighted by atomic mass is 31.0. The normalized spacial score (nSPS) is 11.1. The summed E-state index contributed by atoms with van der Waals surface area (Å²) >= 11 is 0. The Kier molecular flexibility index (Phi) is 3.20. The Hall–Kier alpha value is -1.11. The van der Waals surface area contributed by atoms with Gasteiger partial charge in [0.2, 0.25) is 0 Å². The summed E-state index contributed by atoms with van der Waals surface area (Å²) in [6.07, 6.45) is 3.89. The molecule has 0 amide bonds. The van der Waals surface area contributed by atoms with E-state index in [0.29, 0.717) is 0 Å². The zero-order valence-electron chi connectivity index (χ0n) is 8.61. The fraction of sp³-hybridized carbons (Fsp3) is 0.167. The van der Waals surface area contributed by atoms with Crippen LogP contribution in [0.5, 0.6) is 0 Å². The number of aromatic amines is 1. The van der Waals surface area contributed by atoms with Crippen molar-refractivity contribution < 1.29 is 0 Å². The van der Waals surface area contributed by atoms with Crippen LogP contribution in [-0.4, -0.2) is 16.2 Å². The van der Waals surface area contributed by atoms with E-state index in [1.54, 1.807) is 0 Å². The first-order valence-electron chi connectivity index (χ1n) is 4.97. The summed E-state index contributed by atoms with van der Waals surface area (Å²) in [5.74, 6) is 0. The molecule has 15 heavy (non-hydrogen) atoms. The van der Waals surface area contributed by atoms with Crippen LogP contribution in [0.2, 0.25) is 0 Å². The molecule has 0 bridgehead atoms. The van der Waals surface area contributed by atoms with E-state index < -0.39 is 0 Å². The number of hydrogen-bond donors (Lipinski definition) is 1. The lowest BCUT2D eigenvalue weighted by atomic mass is 10.1. The van der Waals surface area contributed by atoms with E-state index in [1.165, 1.54) is 16.5 Å². The minimum atomic E-state index is 0.877. The Balaban J connectivity index is 2.27. The van der Waals surface area contributed by atoms with Crippen molar-refractivity contribution >= 4 is 20.3 Å². The van der Waals surface area contributed by atoms with Crippen molar-refractivity contribution in [2.75, 3.05) is 6.54 Å². The zero-order chi connectivity index (χ0) is 10.7. The minimum Gasteiger partial charge on any atom is -0.361 e. The van der Waals surface area contributed by atoms with Crippen LogP contribution in [0.1, 0.15) is 5.56 Å². The summed E-state index contributed by atoms with van der Waals surface area (Å²) in [5.41, 5.74) is 2.54. The summed E-state index contributed by atoms with van der Waals surface area (Å²) < 4.78 is 2.16. The van der Waals surface area contributed by atoms with Crippen LogP contribution in [0.4, 0.5) is 0 Å². The second kappa shape index (κ2) is 4.61. The standard InChI is InChI=1S/C12H15N2P/c1-2-8-14(15)9-11-5-3-4-10-6-7-13-12(10)11/h2-7,13H,1,8-9,15H2. The Morgan fingerprint density at radius 2 is 2.27 bits per heavy atom. The van der Waals surface area contributed by atoms with E-state index in [9.17, 15) is 0 Å². The smallest absolute Gasteiger partial charge is 0.0499 e. The zero-order valence-corrected chi connectivity index (χ0v) is 9.76. The molecule has 0 aliphatic carbocycles. The van der Waals surface area contributed by atoms with E-state index in [4.69, 9.17) is 0 Å². The highest BCUT2D eigenvalue weighted by Gasteiger charge is 2.03. The predicted octanol–water partition coefficient (Wildman–Crippen LogP) is 2.95. The number of para-hydroxylation sites is 1.